The van der Waals surface area contributed by atoms with Crippen LogP contribution in [0.3, 0.4) is 0 Å². The molecule has 0 aromatic heterocycles. The van der Waals surface area contributed by atoms with E-state index in [0.29, 0.717) is 6.61 Å². The molecule has 0 radical (unpaired) electrons. The molecule has 0 saturated carbocycles. The first-order valence-corrected chi connectivity index (χ1v) is 14.6. The molecule has 182 valence electrons. The van der Waals surface area contributed by atoms with E-state index in [4.69, 9.17) is 9.16 Å². The molecule has 0 aliphatic heterocycles. The van der Waals surface area contributed by atoms with Gasteiger partial charge in [-0.05, 0) is 39.2 Å². The lowest BCUT2D eigenvalue weighted by atomic mass is 9.83. The fourth-order valence-corrected chi connectivity index (χ4v) is 9.64. The van der Waals surface area contributed by atoms with Crippen LogP contribution in [-0.2, 0) is 15.8 Å². The molecule has 2 nitrogen and oxygen atoms in total. The van der Waals surface area contributed by atoms with E-state index >= 15 is 0 Å². The van der Waals surface area contributed by atoms with E-state index in [9.17, 15) is 0 Å². The minimum Gasteiger partial charge on any atom is -0.407 e. The van der Waals surface area contributed by atoms with Crippen molar-refractivity contribution in [2.24, 2.45) is 5.41 Å². The average Bonchev–Trinajstić information content (AvgIpc) is 2.83. The van der Waals surface area contributed by atoms with Crippen LogP contribution >= 0.6 is 0 Å². The molecule has 0 saturated heterocycles. The summed E-state index contributed by atoms with van der Waals surface area (Å²) >= 11 is 0. The second-order valence-corrected chi connectivity index (χ2v) is 15.1. The molecule has 34 heavy (non-hydrogen) atoms. The Kier molecular flexibility index (Phi) is 9.29. The number of hydrogen-bond acceptors (Lipinski definition) is 2. The van der Waals surface area contributed by atoms with Crippen LogP contribution in [0.15, 0.2) is 91.0 Å². The van der Waals surface area contributed by atoms with E-state index in [1.807, 2.05) is 6.07 Å². The highest BCUT2D eigenvalue weighted by molar-refractivity contribution is 6.99. The Morgan fingerprint density at radius 3 is 1.65 bits per heavy atom. The zero-order valence-corrected chi connectivity index (χ0v) is 22.7. The third-order valence-corrected chi connectivity index (χ3v) is 11.9. The van der Waals surface area contributed by atoms with Crippen molar-refractivity contribution >= 4 is 18.7 Å². The number of hydrogen-bond donors (Lipinski definition) is 0. The van der Waals surface area contributed by atoms with Crippen LogP contribution in [0, 0.1) is 5.41 Å². The second kappa shape index (κ2) is 12.0. The van der Waals surface area contributed by atoms with Crippen LogP contribution in [-0.4, -0.2) is 21.5 Å². The van der Waals surface area contributed by atoms with Crippen LogP contribution in [0.4, 0.5) is 0 Å². The van der Waals surface area contributed by atoms with Gasteiger partial charge in [-0.15, -0.1) is 0 Å². The molecule has 0 heterocycles. The van der Waals surface area contributed by atoms with Gasteiger partial charge in [0.05, 0.1) is 13.2 Å². The van der Waals surface area contributed by atoms with Crippen LogP contribution in [0.5, 0.6) is 0 Å². The summed E-state index contributed by atoms with van der Waals surface area (Å²) < 4.78 is 13.4. The molecule has 1 atom stereocenters. The topological polar surface area (TPSA) is 18.5 Å². The minimum atomic E-state index is -2.50. The van der Waals surface area contributed by atoms with Crippen molar-refractivity contribution in [1.82, 2.24) is 0 Å². The van der Waals surface area contributed by atoms with Gasteiger partial charge >= 0.3 is 0 Å². The Morgan fingerprint density at radius 1 is 0.676 bits per heavy atom. The van der Waals surface area contributed by atoms with Gasteiger partial charge in [-0.1, -0.05) is 132 Å². The highest BCUT2D eigenvalue weighted by Crippen LogP contribution is 2.38. The second-order valence-electron chi connectivity index (χ2n) is 10.8. The van der Waals surface area contributed by atoms with Gasteiger partial charge in [-0.2, -0.15) is 0 Å². The first-order valence-electron chi connectivity index (χ1n) is 12.7. The molecular formula is C31H42O2Si. The maximum absolute atomic E-state index is 7.16. The van der Waals surface area contributed by atoms with Gasteiger partial charge in [-0.25, -0.2) is 0 Å². The summed E-state index contributed by atoms with van der Waals surface area (Å²) in [4.78, 5) is 0. The fourth-order valence-electron chi connectivity index (χ4n) is 5.07. The maximum Gasteiger partial charge on any atom is 0.261 e. The fraction of sp³-hybridized carbons (Fsp3) is 0.419. The van der Waals surface area contributed by atoms with Crippen molar-refractivity contribution in [1.29, 1.82) is 0 Å². The molecule has 0 aliphatic rings. The van der Waals surface area contributed by atoms with Crippen LogP contribution < -0.4 is 10.4 Å². The van der Waals surface area contributed by atoms with Crippen LogP contribution in [0.25, 0.3) is 0 Å². The quantitative estimate of drug-likeness (QED) is 0.264. The first-order chi connectivity index (χ1) is 16.3. The summed E-state index contributed by atoms with van der Waals surface area (Å²) in [5.41, 5.74) is 1.32. The van der Waals surface area contributed by atoms with E-state index < -0.39 is 8.32 Å². The van der Waals surface area contributed by atoms with Crippen molar-refractivity contribution < 1.29 is 9.16 Å². The largest absolute Gasteiger partial charge is 0.407 e. The van der Waals surface area contributed by atoms with Gasteiger partial charge < -0.3 is 9.16 Å². The molecule has 0 N–H and O–H groups in total. The van der Waals surface area contributed by atoms with Crippen molar-refractivity contribution in [3.63, 3.8) is 0 Å². The van der Waals surface area contributed by atoms with Gasteiger partial charge in [0.25, 0.3) is 8.32 Å². The van der Waals surface area contributed by atoms with Gasteiger partial charge in [0, 0.05) is 6.61 Å². The van der Waals surface area contributed by atoms with E-state index in [1.54, 1.807) is 0 Å². The maximum atomic E-state index is 7.16. The highest BCUT2D eigenvalue weighted by Gasteiger charge is 2.50. The highest BCUT2D eigenvalue weighted by atomic mass is 28.4. The molecule has 3 aromatic carbocycles. The molecule has 0 amide bonds. The van der Waals surface area contributed by atoms with E-state index in [-0.39, 0.29) is 10.5 Å². The average molecular weight is 475 g/mol. The third kappa shape index (κ3) is 6.47. The smallest absolute Gasteiger partial charge is 0.261 e. The number of ether oxygens (including phenoxy) is 1. The Balaban J connectivity index is 1.79. The Hall–Kier alpha value is -2.20. The van der Waals surface area contributed by atoms with Gasteiger partial charge in [-0.3, -0.25) is 0 Å². The molecule has 3 heteroatoms. The van der Waals surface area contributed by atoms with Gasteiger partial charge in [0.1, 0.15) is 0 Å². The van der Waals surface area contributed by atoms with Crippen molar-refractivity contribution in [3.8, 4) is 0 Å². The summed E-state index contributed by atoms with van der Waals surface area (Å²) in [7, 11) is -2.50. The molecule has 0 aliphatic carbocycles. The minimum absolute atomic E-state index is 0.000668. The lowest BCUT2D eigenvalue weighted by molar-refractivity contribution is 0.0247. The van der Waals surface area contributed by atoms with Crippen molar-refractivity contribution in [3.05, 3.63) is 96.6 Å². The standard InChI is InChI=1S/C31H42O2Si/c1-6-22-31(5,26-32-25-27-16-10-7-11-17-27)23-24-33-34(30(2,3)4,28-18-12-8-13-19-28)29-20-14-9-15-21-29/h7-21H,6,22-26H2,1-5H3. The summed E-state index contributed by atoms with van der Waals surface area (Å²) in [6.07, 6.45) is 3.26. The van der Waals surface area contributed by atoms with E-state index in [0.717, 1.165) is 32.5 Å². The molecule has 3 rings (SSSR count). The molecule has 3 aromatic rings. The molecule has 0 fully saturated rings. The first kappa shape index (κ1) is 26.4. The van der Waals surface area contributed by atoms with E-state index in [2.05, 4.69) is 120 Å². The number of benzene rings is 3. The van der Waals surface area contributed by atoms with Crippen LogP contribution in [0.2, 0.25) is 5.04 Å². The molecule has 0 spiro atoms. The summed E-state index contributed by atoms with van der Waals surface area (Å²) in [6, 6.07) is 32.3. The summed E-state index contributed by atoms with van der Waals surface area (Å²) in [6.45, 7) is 13.8. The Morgan fingerprint density at radius 2 is 1.18 bits per heavy atom. The molecule has 0 bridgehead atoms. The predicted octanol–water partition coefficient (Wildman–Crippen LogP) is 6.98. The zero-order valence-electron chi connectivity index (χ0n) is 21.7. The Bertz CT molecular complexity index is 927. The SMILES string of the molecule is CCCC(C)(CCO[Si](c1ccccc1)(c1ccccc1)C(C)(C)C)COCc1ccccc1. The lowest BCUT2D eigenvalue weighted by Gasteiger charge is -2.43. The normalized spacial score (nSPS) is 14.0. The summed E-state index contributed by atoms with van der Waals surface area (Å²) in [5.74, 6) is 0. The monoisotopic (exact) mass is 474 g/mol. The molecule has 1 unspecified atom stereocenters. The van der Waals surface area contributed by atoms with Gasteiger partial charge in [0.15, 0.2) is 0 Å². The summed E-state index contributed by atoms with van der Waals surface area (Å²) in [5, 5.41) is 2.68. The van der Waals surface area contributed by atoms with Gasteiger partial charge in [0.2, 0.25) is 0 Å². The number of rotatable bonds is 12. The lowest BCUT2D eigenvalue weighted by Crippen LogP contribution is -2.66. The Labute approximate surface area is 208 Å². The van der Waals surface area contributed by atoms with Crippen molar-refractivity contribution in [2.75, 3.05) is 13.2 Å². The molecular weight excluding hydrogens is 432 g/mol. The third-order valence-electron chi connectivity index (χ3n) is 6.86. The van der Waals surface area contributed by atoms with E-state index in [1.165, 1.54) is 15.9 Å². The predicted molar refractivity (Wildman–Crippen MR) is 147 cm³/mol. The zero-order chi connectivity index (χ0) is 24.5. The van der Waals surface area contributed by atoms with Crippen molar-refractivity contribution in [2.45, 2.75) is 65.5 Å². The van der Waals surface area contributed by atoms with Crippen LogP contribution in [0.1, 0.15) is 59.4 Å².